The van der Waals surface area contributed by atoms with Gasteiger partial charge in [-0.3, -0.25) is 4.79 Å². The predicted octanol–water partition coefficient (Wildman–Crippen LogP) is 6.57. The smallest absolute Gasteiger partial charge is 0.410 e. The number of nitrogens with zero attached hydrogens (tertiary/aromatic N) is 4. The summed E-state index contributed by atoms with van der Waals surface area (Å²) >= 11 is 0. The number of hydrogen-bond acceptors (Lipinski definition) is 5. The average Bonchev–Trinajstić information content (AvgIpc) is 3.27. The summed E-state index contributed by atoms with van der Waals surface area (Å²) in [5.74, 6) is 0.0619. The van der Waals surface area contributed by atoms with E-state index in [9.17, 15) is 14.4 Å². The lowest BCUT2D eigenvalue weighted by Gasteiger charge is -2.26. The van der Waals surface area contributed by atoms with Gasteiger partial charge in [-0.2, -0.15) is 0 Å². The molecular formula is C38H51N5O5. The molecule has 0 fully saturated rings. The van der Waals surface area contributed by atoms with Gasteiger partial charge in [-0.1, -0.05) is 36.4 Å². The molecule has 4 heterocycles. The predicted molar refractivity (Wildman–Crippen MR) is 189 cm³/mol. The van der Waals surface area contributed by atoms with E-state index in [1.54, 1.807) is 23.9 Å². The minimum atomic E-state index is -0.504. The van der Waals surface area contributed by atoms with Crippen molar-refractivity contribution in [1.29, 1.82) is 0 Å². The molecule has 0 unspecified atom stereocenters. The maximum Gasteiger partial charge on any atom is 0.410 e. The van der Waals surface area contributed by atoms with Crippen molar-refractivity contribution in [2.75, 3.05) is 40.3 Å². The average molecular weight is 658 g/mol. The maximum atomic E-state index is 12.5. The summed E-state index contributed by atoms with van der Waals surface area (Å²) in [7, 11) is 3.55. The number of para-hydroxylation sites is 2. The third kappa shape index (κ3) is 8.14. The number of amides is 3. The Kier molecular flexibility index (Phi) is 10.1. The zero-order chi connectivity index (χ0) is 34.8. The van der Waals surface area contributed by atoms with Crippen LogP contribution in [0, 0.1) is 0 Å². The quantitative estimate of drug-likeness (QED) is 0.263. The number of H-pyrrole nitrogens is 1. The van der Waals surface area contributed by atoms with E-state index < -0.39 is 11.2 Å². The molecule has 0 saturated heterocycles. The van der Waals surface area contributed by atoms with E-state index in [0.29, 0.717) is 39.1 Å². The molecule has 0 aliphatic carbocycles. The molecule has 10 nitrogen and oxygen atoms in total. The first-order valence-corrected chi connectivity index (χ1v) is 16.9. The molecule has 0 radical (unpaired) electrons. The highest BCUT2D eigenvalue weighted by molar-refractivity contribution is 5.88. The van der Waals surface area contributed by atoms with Crippen LogP contribution in [0.25, 0.3) is 21.8 Å². The van der Waals surface area contributed by atoms with Crippen molar-refractivity contribution in [1.82, 2.24) is 24.3 Å². The number of carbonyl (C=O) groups is 3. The van der Waals surface area contributed by atoms with E-state index in [2.05, 4.69) is 39.9 Å². The first kappa shape index (κ1) is 34.9. The van der Waals surface area contributed by atoms with Crippen LogP contribution in [0.5, 0.6) is 0 Å². The molecule has 2 aromatic carbocycles. The molecule has 4 aromatic rings. The van der Waals surface area contributed by atoms with E-state index in [4.69, 9.17) is 9.47 Å². The zero-order valence-corrected chi connectivity index (χ0v) is 29.8. The van der Waals surface area contributed by atoms with Crippen molar-refractivity contribution in [3.05, 3.63) is 71.0 Å². The van der Waals surface area contributed by atoms with Gasteiger partial charge >= 0.3 is 12.2 Å². The summed E-state index contributed by atoms with van der Waals surface area (Å²) in [6.07, 6.45) is 2.72. The van der Waals surface area contributed by atoms with Gasteiger partial charge in [0, 0.05) is 86.3 Å². The van der Waals surface area contributed by atoms with Crippen LogP contribution >= 0.6 is 0 Å². The van der Waals surface area contributed by atoms with E-state index in [1.807, 2.05) is 64.6 Å². The highest BCUT2D eigenvalue weighted by Gasteiger charge is 2.28. The number of likely N-dealkylation sites (N-methyl/N-ethyl adjacent to an activating group) is 1. The van der Waals surface area contributed by atoms with Crippen molar-refractivity contribution in [3.63, 3.8) is 0 Å². The molecule has 2 aromatic heterocycles. The number of benzene rings is 2. The van der Waals surface area contributed by atoms with Crippen LogP contribution in [-0.4, -0.2) is 93.8 Å². The normalized spacial score (nSPS) is 15.1. The van der Waals surface area contributed by atoms with Crippen molar-refractivity contribution in [2.24, 2.45) is 0 Å². The Hall–Kier alpha value is -4.47. The molecule has 0 bridgehead atoms. The van der Waals surface area contributed by atoms with Gasteiger partial charge in [0.2, 0.25) is 5.91 Å². The number of rotatable bonds is 2. The summed E-state index contributed by atoms with van der Waals surface area (Å²) in [6, 6.07) is 16.6. The molecule has 48 heavy (non-hydrogen) atoms. The molecule has 0 saturated carbocycles. The standard InChI is InChI=1S/C21H29N3O3.C17H22N2O2/c1-21(2,3)27-20(26)23-12-10-16-15-8-6-7-9-17(15)24(18(16)11-13-23)14-19(25)22(4)5;1-17(2,3)21-16(20)19-10-8-13-12-6-4-5-7-14(12)18-15(13)9-11-19/h6-9H,10-14H2,1-5H3;4-7,18H,8-11H2,1-3H3. The monoisotopic (exact) mass is 657 g/mol. The van der Waals surface area contributed by atoms with Crippen LogP contribution in [0.1, 0.15) is 64.1 Å². The van der Waals surface area contributed by atoms with Gasteiger partial charge in [0.15, 0.2) is 0 Å². The Morgan fingerprint density at radius 1 is 0.708 bits per heavy atom. The minimum absolute atomic E-state index is 0.0619. The van der Waals surface area contributed by atoms with Gasteiger partial charge in [-0.25, -0.2) is 9.59 Å². The van der Waals surface area contributed by atoms with E-state index in [0.717, 1.165) is 30.5 Å². The molecule has 0 spiro atoms. The van der Waals surface area contributed by atoms with Crippen LogP contribution in [-0.2, 0) is 46.5 Å². The van der Waals surface area contributed by atoms with E-state index in [-0.39, 0.29) is 18.1 Å². The molecule has 2 aliphatic heterocycles. The number of ether oxygens (including phenoxy) is 2. The number of nitrogens with one attached hydrogen (secondary N) is 1. The molecule has 258 valence electrons. The fourth-order valence-electron chi connectivity index (χ4n) is 6.43. The summed E-state index contributed by atoms with van der Waals surface area (Å²) in [5, 5.41) is 2.45. The Balaban J connectivity index is 0.000000194. The first-order valence-electron chi connectivity index (χ1n) is 16.9. The largest absolute Gasteiger partial charge is 0.444 e. The number of hydrogen-bond donors (Lipinski definition) is 1. The van der Waals surface area contributed by atoms with Gasteiger partial charge in [-0.05, 0) is 77.6 Å². The summed E-state index contributed by atoms with van der Waals surface area (Å²) in [5.41, 5.74) is 6.32. The fourth-order valence-corrected chi connectivity index (χ4v) is 6.43. The van der Waals surface area contributed by atoms with Crippen LogP contribution in [0.3, 0.4) is 0 Å². The van der Waals surface area contributed by atoms with Crippen molar-refractivity contribution < 1.29 is 23.9 Å². The van der Waals surface area contributed by atoms with Crippen molar-refractivity contribution in [2.45, 2.75) is 85.0 Å². The topological polar surface area (TPSA) is 100 Å². The number of aromatic nitrogens is 2. The molecular weight excluding hydrogens is 606 g/mol. The molecule has 1 N–H and O–H groups in total. The van der Waals surface area contributed by atoms with Gasteiger partial charge in [0.1, 0.15) is 17.7 Å². The Labute approximate surface area is 283 Å². The molecule has 0 atom stereocenters. The fraction of sp³-hybridized carbons (Fsp3) is 0.500. The van der Waals surface area contributed by atoms with Crippen LogP contribution in [0.4, 0.5) is 9.59 Å². The Morgan fingerprint density at radius 2 is 1.23 bits per heavy atom. The molecule has 6 rings (SSSR count). The summed E-state index contributed by atoms with van der Waals surface area (Å²) in [4.78, 5) is 45.8. The highest BCUT2D eigenvalue weighted by atomic mass is 16.6. The summed E-state index contributed by atoms with van der Waals surface area (Å²) < 4.78 is 13.1. The Bertz CT molecular complexity index is 1790. The number of carbonyl (C=O) groups excluding carboxylic acids is 3. The zero-order valence-electron chi connectivity index (χ0n) is 29.8. The summed E-state index contributed by atoms with van der Waals surface area (Å²) in [6.45, 7) is 14.3. The lowest BCUT2D eigenvalue weighted by Crippen LogP contribution is -2.38. The van der Waals surface area contributed by atoms with Gasteiger partial charge in [0.25, 0.3) is 0 Å². The SMILES string of the molecule is CC(C)(C)OC(=O)N1CCc2[nH]c3ccccc3c2CC1.CN(C)C(=O)Cn1c2c(c3ccccc31)CCN(C(=O)OC(C)(C)C)CC2. The Morgan fingerprint density at radius 3 is 1.83 bits per heavy atom. The highest BCUT2D eigenvalue weighted by Crippen LogP contribution is 2.30. The van der Waals surface area contributed by atoms with Crippen LogP contribution in [0.2, 0.25) is 0 Å². The van der Waals surface area contributed by atoms with Gasteiger partial charge in [-0.15, -0.1) is 0 Å². The van der Waals surface area contributed by atoms with Gasteiger partial charge < -0.3 is 33.7 Å². The molecule has 10 heteroatoms. The second-order valence-corrected chi connectivity index (χ2v) is 14.9. The third-order valence-electron chi connectivity index (χ3n) is 8.71. The lowest BCUT2D eigenvalue weighted by atomic mass is 10.1. The van der Waals surface area contributed by atoms with Gasteiger partial charge in [0.05, 0.1) is 0 Å². The maximum absolute atomic E-state index is 12.5. The van der Waals surface area contributed by atoms with Crippen LogP contribution < -0.4 is 0 Å². The van der Waals surface area contributed by atoms with E-state index >= 15 is 0 Å². The number of aromatic amines is 1. The number of fused-ring (bicyclic) bond motifs is 6. The molecule has 3 amide bonds. The lowest BCUT2D eigenvalue weighted by molar-refractivity contribution is -0.129. The van der Waals surface area contributed by atoms with Crippen molar-refractivity contribution in [3.8, 4) is 0 Å². The molecule has 2 aliphatic rings. The minimum Gasteiger partial charge on any atom is -0.444 e. The van der Waals surface area contributed by atoms with Crippen LogP contribution in [0.15, 0.2) is 48.5 Å². The first-order chi connectivity index (χ1) is 22.6. The third-order valence-corrected chi connectivity index (χ3v) is 8.71. The second kappa shape index (κ2) is 13.9. The second-order valence-electron chi connectivity index (χ2n) is 14.9. The van der Waals surface area contributed by atoms with E-state index in [1.165, 1.54) is 33.1 Å². The van der Waals surface area contributed by atoms with Crippen molar-refractivity contribution >= 4 is 39.9 Å².